The molecule has 2 aromatic heterocycles. The number of likely N-dealkylation sites (tertiary alicyclic amines) is 1. The van der Waals surface area contributed by atoms with E-state index >= 15 is 0 Å². The van der Waals surface area contributed by atoms with E-state index in [1.807, 2.05) is 22.8 Å². The topological polar surface area (TPSA) is 65.1 Å². The molecule has 0 radical (unpaired) electrons. The molecule has 0 atom stereocenters. The minimum atomic E-state index is -0.354. The molecule has 0 unspecified atom stereocenters. The molecule has 7 nitrogen and oxygen atoms in total. The third-order valence-corrected chi connectivity index (χ3v) is 7.57. The van der Waals surface area contributed by atoms with Crippen LogP contribution in [0.4, 0.5) is 0 Å². The van der Waals surface area contributed by atoms with Gasteiger partial charge in [0.1, 0.15) is 0 Å². The summed E-state index contributed by atoms with van der Waals surface area (Å²) in [5, 5.41) is 3.11. The molecule has 0 bridgehead atoms. The van der Waals surface area contributed by atoms with E-state index in [1.54, 1.807) is 18.8 Å². The summed E-state index contributed by atoms with van der Waals surface area (Å²) < 4.78 is 4.65. The maximum atomic E-state index is 13.2. The highest BCUT2D eigenvalue weighted by Gasteiger charge is 2.20. The molecule has 0 spiro atoms. The number of hydrogen-bond acceptors (Lipinski definition) is 5. The molecule has 1 fully saturated rings. The number of benzene rings is 2. The van der Waals surface area contributed by atoms with E-state index < -0.39 is 0 Å². The summed E-state index contributed by atoms with van der Waals surface area (Å²) in [7, 11) is 3.21. The molecular weight excluding hydrogens is 434 g/mol. The van der Waals surface area contributed by atoms with Gasteiger partial charge in [-0.25, -0.2) is 9.78 Å². The summed E-state index contributed by atoms with van der Waals surface area (Å²) in [6.45, 7) is 3.83. The molecule has 0 N–H and O–H groups in total. The Kier molecular flexibility index (Phi) is 6.12. The lowest BCUT2D eigenvalue weighted by Crippen LogP contribution is -2.37. The van der Waals surface area contributed by atoms with E-state index in [4.69, 9.17) is 4.98 Å². The third kappa shape index (κ3) is 4.13. The van der Waals surface area contributed by atoms with Crippen molar-refractivity contribution in [1.82, 2.24) is 23.6 Å². The summed E-state index contributed by atoms with van der Waals surface area (Å²) in [5.74, 6) is 0.896. The van der Waals surface area contributed by atoms with Gasteiger partial charge in [0, 0.05) is 26.4 Å². The van der Waals surface area contributed by atoms with Crippen molar-refractivity contribution in [2.75, 3.05) is 25.4 Å². The molecule has 33 heavy (non-hydrogen) atoms. The van der Waals surface area contributed by atoms with Crippen LogP contribution in [0.15, 0.2) is 57.2 Å². The van der Waals surface area contributed by atoms with E-state index in [0.29, 0.717) is 17.7 Å². The number of fused-ring (bicyclic) bond motifs is 2. The summed E-state index contributed by atoms with van der Waals surface area (Å²) in [5.41, 5.74) is 1.40. The lowest BCUT2D eigenvalue weighted by atomic mass is 10.0. The second-order valence-electron chi connectivity index (χ2n) is 8.75. The van der Waals surface area contributed by atoms with Crippen molar-refractivity contribution >= 4 is 33.7 Å². The second-order valence-corrected chi connectivity index (χ2v) is 9.81. The van der Waals surface area contributed by atoms with E-state index in [-0.39, 0.29) is 11.2 Å². The van der Waals surface area contributed by atoms with Crippen LogP contribution in [0.3, 0.4) is 0 Å². The SMILES string of the molecule is Cn1c(=O)c2c(nc(SCCN3CCCCC3)n2Cc2cccc3ccccc23)n(C)c1=O. The first-order valence-corrected chi connectivity index (χ1v) is 12.5. The molecule has 1 saturated heterocycles. The minimum absolute atomic E-state index is 0.302. The van der Waals surface area contributed by atoms with Crippen molar-refractivity contribution in [3.63, 3.8) is 0 Å². The highest BCUT2D eigenvalue weighted by atomic mass is 32.2. The van der Waals surface area contributed by atoms with Gasteiger partial charge < -0.3 is 9.47 Å². The standard InChI is InChI=1S/C25H29N5O2S/c1-27-22-21(23(31)28(2)25(27)32)30(17-19-11-8-10-18-9-4-5-12-20(18)19)24(26-22)33-16-15-29-13-6-3-7-14-29/h4-5,8-12H,3,6-7,13-17H2,1-2H3. The van der Waals surface area contributed by atoms with Gasteiger partial charge in [0.15, 0.2) is 16.3 Å². The van der Waals surface area contributed by atoms with E-state index in [9.17, 15) is 9.59 Å². The summed E-state index contributed by atoms with van der Waals surface area (Å²) in [4.78, 5) is 33.0. The third-order valence-electron chi connectivity index (χ3n) is 6.61. The minimum Gasteiger partial charge on any atom is -0.309 e. The predicted molar refractivity (Wildman–Crippen MR) is 134 cm³/mol. The molecule has 3 heterocycles. The average molecular weight is 464 g/mol. The van der Waals surface area contributed by atoms with Gasteiger partial charge >= 0.3 is 5.69 Å². The van der Waals surface area contributed by atoms with Crippen LogP contribution in [-0.2, 0) is 20.6 Å². The number of rotatable bonds is 6. The number of piperidine rings is 1. The van der Waals surface area contributed by atoms with Gasteiger partial charge in [-0.2, -0.15) is 0 Å². The van der Waals surface area contributed by atoms with Crippen LogP contribution in [0.2, 0.25) is 0 Å². The summed E-state index contributed by atoms with van der Waals surface area (Å²) in [6.07, 6.45) is 3.85. The zero-order chi connectivity index (χ0) is 22.9. The van der Waals surface area contributed by atoms with E-state index in [1.165, 1.54) is 40.8 Å². The van der Waals surface area contributed by atoms with E-state index in [0.717, 1.165) is 41.5 Å². The maximum absolute atomic E-state index is 13.2. The Hall–Kier alpha value is -2.84. The molecule has 0 saturated carbocycles. The van der Waals surface area contributed by atoms with Gasteiger partial charge in [-0.15, -0.1) is 0 Å². The van der Waals surface area contributed by atoms with Crippen molar-refractivity contribution in [2.24, 2.45) is 14.1 Å². The number of aryl methyl sites for hydroxylation is 1. The predicted octanol–water partition coefficient (Wildman–Crippen LogP) is 3.21. The number of imidazole rings is 1. The Morgan fingerprint density at radius 1 is 0.939 bits per heavy atom. The first-order chi connectivity index (χ1) is 16.0. The molecule has 8 heteroatoms. The molecule has 5 rings (SSSR count). The highest BCUT2D eigenvalue weighted by molar-refractivity contribution is 7.99. The molecule has 1 aliphatic heterocycles. The largest absolute Gasteiger partial charge is 0.332 e. The van der Waals surface area contributed by atoms with Crippen LogP contribution in [0.25, 0.3) is 21.9 Å². The van der Waals surface area contributed by atoms with Gasteiger partial charge in [-0.1, -0.05) is 60.6 Å². The lowest BCUT2D eigenvalue weighted by Gasteiger charge is -2.26. The Bertz CT molecular complexity index is 1420. The fraction of sp³-hybridized carbons (Fsp3) is 0.400. The van der Waals surface area contributed by atoms with Crippen molar-refractivity contribution in [3.8, 4) is 0 Å². The second kappa shape index (κ2) is 9.19. The van der Waals surface area contributed by atoms with Gasteiger partial charge in [0.2, 0.25) is 0 Å². The van der Waals surface area contributed by atoms with Crippen LogP contribution in [0.5, 0.6) is 0 Å². The smallest absolute Gasteiger partial charge is 0.309 e. The first-order valence-electron chi connectivity index (χ1n) is 11.5. The molecule has 0 amide bonds. The van der Waals surface area contributed by atoms with Gasteiger partial charge in [-0.05, 0) is 42.3 Å². The Morgan fingerprint density at radius 2 is 1.70 bits per heavy atom. The molecule has 4 aromatic rings. The lowest BCUT2D eigenvalue weighted by molar-refractivity contribution is 0.242. The Labute approximate surface area is 196 Å². The molecular formula is C25H29N5O2S. The number of aromatic nitrogens is 4. The van der Waals surface area contributed by atoms with Crippen LogP contribution < -0.4 is 11.2 Å². The quantitative estimate of drug-likeness (QED) is 0.411. The van der Waals surface area contributed by atoms with Crippen LogP contribution in [0.1, 0.15) is 24.8 Å². The summed E-state index contributed by atoms with van der Waals surface area (Å²) in [6, 6.07) is 14.5. The maximum Gasteiger partial charge on any atom is 0.332 e. The Morgan fingerprint density at radius 3 is 2.52 bits per heavy atom. The highest BCUT2D eigenvalue weighted by Crippen LogP contribution is 2.26. The molecule has 1 aliphatic rings. The number of hydrogen-bond donors (Lipinski definition) is 0. The van der Waals surface area contributed by atoms with Crippen molar-refractivity contribution in [2.45, 2.75) is 31.0 Å². The van der Waals surface area contributed by atoms with E-state index in [2.05, 4.69) is 29.2 Å². The summed E-state index contributed by atoms with van der Waals surface area (Å²) >= 11 is 1.67. The van der Waals surface area contributed by atoms with Crippen molar-refractivity contribution in [3.05, 3.63) is 68.9 Å². The van der Waals surface area contributed by atoms with Crippen LogP contribution >= 0.6 is 11.8 Å². The average Bonchev–Trinajstić information content (AvgIpc) is 3.20. The monoisotopic (exact) mass is 463 g/mol. The van der Waals surface area contributed by atoms with Gasteiger partial charge in [-0.3, -0.25) is 13.9 Å². The van der Waals surface area contributed by atoms with Crippen LogP contribution in [0, 0.1) is 0 Å². The fourth-order valence-corrected chi connectivity index (χ4v) is 5.73. The first kappa shape index (κ1) is 22.0. The Balaban J connectivity index is 1.57. The molecule has 2 aromatic carbocycles. The zero-order valence-electron chi connectivity index (χ0n) is 19.2. The van der Waals surface area contributed by atoms with Crippen molar-refractivity contribution < 1.29 is 0 Å². The fourth-order valence-electron chi connectivity index (χ4n) is 4.73. The molecule has 0 aliphatic carbocycles. The van der Waals surface area contributed by atoms with Gasteiger partial charge in [0.25, 0.3) is 5.56 Å². The zero-order valence-corrected chi connectivity index (χ0v) is 20.0. The normalized spacial score (nSPS) is 15.0. The number of thioether (sulfide) groups is 1. The van der Waals surface area contributed by atoms with Crippen LogP contribution in [-0.4, -0.2) is 49.0 Å². The molecule has 172 valence electrons. The number of nitrogens with zero attached hydrogens (tertiary/aromatic N) is 5. The van der Waals surface area contributed by atoms with Gasteiger partial charge in [0.05, 0.1) is 6.54 Å². The van der Waals surface area contributed by atoms with Crippen molar-refractivity contribution in [1.29, 1.82) is 0 Å².